The third-order valence-electron chi connectivity index (χ3n) is 10.8. The summed E-state index contributed by atoms with van der Waals surface area (Å²) >= 11 is 0. The molecule has 12 heteroatoms. The number of hydrogen-bond acceptors (Lipinski definition) is 7. The number of carbonyl (C=O) groups is 1. The molecular formula is C33H46F2N6O3S. The van der Waals surface area contributed by atoms with Crippen molar-refractivity contribution in [1.82, 2.24) is 29.0 Å². The van der Waals surface area contributed by atoms with Crippen LogP contribution in [0.1, 0.15) is 85.7 Å². The number of nitrogens with zero attached hydrogens (tertiary/aromatic N) is 6. The quantitative estimate of drug-likeness (QED) is 0.444. The number of carbonyl (C=O) groups excluding carboxylic acids is 1. The Hall–Kier alpha value is -2.54. The molecule has 0 bridgehead atoms. The summed E-state index contributed by atoms with van der Waals surface area (Å²) in [5, 5.41) is -0.234. The number of piperidine rings is 2. The van der Waals surface area contributed by atoms with Gasteiger partial charge in [-0.2, -0.15) is 0 Å². The van der Waals surface area contributed by atoms with E-state index < -0.39 is 21.7 Å². The predicted molar refractivity (Wildman–Crippen MR) is 168 cm³/mol. The molecule has 1 amide bonds. The van der Waals surface area contributed by atoms with Crippen LogP contribution in [0.2, 0.25) is 0 Å². The maximum atomic E-state index is 14.5. The van der Waals surface area contributed by atoms with Gasteiger partial charge in [-0.3, -0.25) is 14.6 Å². The minimum absolute atomic E-state index is 0.00742. The van der Waals surface area contributed by atoms with Crippen molar-refractivity contribution in [3.05, 3.63) is 58.7 Å². The minimum Gasteiger partial charge on any atom is -0.338 e. The maximum Gasteiger partial charge on any atom is 0.257 e. The Labute approximate surface area is 266 Å². The Morgan fingerprint density at radius 1 is 0.911 bits per heavy atom. The van der Waals surface area contributed by atoms with Crippen molar-refractivity contribution in [1.29, 1.82) is 0 Å². The molecule has 1 aromatic carbocycles. The second-order valence-electron chi connectivity index (χ2n) is 13.9. The molecule has 0 unspecified atom stereocenters. The van der Waals surface area contributed by atoms with Gasteiger partial charge in [0.25, 0.3) is 5.91 Å². The van der Waals surface area contributed by atoms with Gasteiger partial charge in [0, 0.05) is 69.5 Å². The van der Waals surface area contributed by atoms with Crippen LogP contribution in [-0.4, -0.2) is 106 Å². The van der Waals surface area contributed by atoms with Crippen LogP contribution in [0, 0.1) is 31.4 Å². The predicted octanol–water partition coefficient (Wildman–Crippen LogP) is 4.32. The molecule has 3 aliphatic heterocycles. The van der Waals surface area contributed by atoms with E-state index in [4.69, 9.17) is 0 Å². The van der Waals surface area contributed by atoms with E-state index in [9.17, 15) is 22.0 Å². The fourth-order valence-electron chi connectivity index (χ4n) is 7.95. The summed E-state index contributed by atoms with van der Waals surface area (Å²) in [6.45, 7) is 12.7. The molecule has 2 atom stereocenters. The first kappa shape index (κ1) is 32.4. The number of piperazine rings is 1. The number of likely N-dealkylation sites (tertiary alicyclic amines) is 1. The lowest BCUT2D eigenvalue weighted by Gasteiger charge is -2.54. The monoisotopic (exact) mass is 644 g/mol. The number of benzene rings is 1. The average molecular weight is 645 g/mol. The second kappa shape index (κ2) is 12.6. The van der Waals surface area contributed by atoms with Crippen molar-refractivity contribution in [3.63, 3.8) is 0 Å². The van der Waals surface area contributed by atoms with Crippen molar-refractivity contribution in [3.8, 4) is 0 Å². The van der Waals surface area contributed by atoms with E-state index >= 15 is 0 Å². The van der Waals surface area contributed by atoms with Crippen LogP contribution < -0.4 is 0 Å². The molecule has 0 N–H and O–H groups in total. The van der Waals surface area contributed by atoms with Gasteiger partial charge in [-0.15, -0.1) is 0 Å². The number of halogens is 2. The number of amides is 1. The summed E-state index contributed by atoms with van der Waals surface area (Å²) in [6, 6.07) is 3.74. The largest absolute Gasteiger partial charge is 0.338 e. The van der Waals surface area contributed by atoms with Crippen molar-refractivity contribution in [2.24, 2.45) is 5.92 Å². The van der Waals surface area contributed by atoms with Crippen molar-refractivity contribution < 1.29 is 22.0 Å². The van der Waals surface area contributed by atoms with E-state index in [1.165, 1.54) is 18.5 Å². The summed E-state index contributed by atoms with van der Waals surface area (Å²) in [5.74, 6) is -1.09. The molecule has 246 valence electrons. The molecule has 0 spiro atoms. The molecule has 4 aliphatic rings. The summed E-state index contributed by atoms with van der Waals surface area (Å²) < 4.78 is 56.5. The van der Waals surface area contributed by atoms with E-state index in [-0.39, 0.29) is 34.7 Å². The highest BCUT2D eigenvalue weighted by molar-refractivity contribution is 7.90. The Morgan fingerprint density at radius 2 is 1.51 bits per heavy atom. The molecule has 1 saturated carbocycles. The van der Waals surface area contributed by atoms with Gasteiger partial charge < -0.3 is 4.90 Å². The molecule has 1 aromatic heterocycles. The lowest BCUT2D eigenvalue weighted by atomic mass is 9.82. The fourth-order valence-corrected chi connectivity index (χ4v) is 9.82. The van der Waals surface area contributed by atoms with Crippen LogP contribution in [0.25, 0.3) is 0 Å². The van der Waals surface area contributed by atoms with Gasteiger partial charge in [-0.1, -0.05) is 0 Å². The highest BCUT2D eigenvalue weighted by Gasteiger charge is 2.45. The molecule has 4 heterocycles. The molecule has 2 aromatic rings. The smallest absolute Gasteiger partial charge is 0.257 e. The third-order valence-corrected chi connectivity index (χ3v) is 13.2. The van der Waals surface area contributed by atoms with Crippen molar-refractivity contribution >= 4 is 15.9 Å². The highest BCUT2D eigenvalue weighted by Crippen LogP contribution is 2.41. The van der Waals surface area contributed by atoms with Crippen molar-refractivity contribution in [2.75, 3.05) is 45.8 Å². The minimum atomic E-state index is -3.25. The Kier molecular flexibility index (Phi) is 9.06. The van der Waals surface area contributed by atoms with E-state index in [1.54, 1.807) is 4.31 Å². The van der Waals surface area contributed by atoms with Gasteiger partial charge >= 0.3 is 0 Å². The SMILES string of the molecule is Cc1ncnc(C)c1C(=O)N1CCC(C)(N2CCN([C@@H](c3cc(F)cc(F)c3)C3CCN(S(=O)(=O)C4CC4)CC3)[C@@H](C)C2)CC1. The Morgan fingerprint density at radius 3 is 2.07 bits per heavy atom. The summed E-state index contributed by atoms with van der Waals surface area (Å²) in [4.78, 5) is 28.7. The standard InChI is InChI=1S/C33H46F2N6O3S/c1-22-20-39(33(4)9-13-38(14-10-33)32(42)30-23(2)36-21-37-24(30)3)15-16-41(22)31(26-17-27(34)19-28(35)18-26)25-7-11-40(12-8-25)45(43,44)29-5-6-29/h17-19,21-22,25,29,31H,5-16,20H2,1-4H3/t22-,31+/m0/s1. The van der Waals surface area contributed by atoms with Gasteiger partial charge in [-0.25, -0.2) is 31.5 Å². The Balaban J connectivity index is 1.14. The zero-order valence-electron chi connectivity index (χ0n) is 26.9. The fraction of sp³-hybridized carbons (Fsp3) is 0.667. The number of sulfonamides is 1. The normalized spacial score (nSPS) is 24.9. The van der Waals surface area contributed by atoms with E-state index in [0.29, 0.717) is 61.5 Å². The molecular weight excluding hydrogens is 598 g/mol. The van der Waals surface area contributed by atoms with E-state index in [2.05, 4.69) is 33.6 Å². The van der Waals surface area contributed by atoms with Crippen LogP contribution in [0.4, 0.5) is 8.78 Å². The Bertz CT molecular complexity index is 1480. The number of hydrogen-bond donors (Lipinski definition) is 0. The van der Waals surface area contributed by atoms with Crippen LogP contribution in [0.5, 0.6) is 0 Å². The molecule has 3 saturated heterocycles. The lowest BCUT2D eigenvalue weighted by molar-refractivity contribution is -0.0422. The molecule has 9 nitrogen and oxygen atoms in total. The molecule has 4 fully saturated rings. The number of aromatic nitrogens is 2. The first-order valence-electron chi connectivity index (χ1n) is 16.4. The first-order chi connectivity index (χ1) is 21.4. The van der Waals surface area contributed by atoms with Crippen LogP contribution in [-0.2, 0) is 10.0 Å². The topological polar surface area (TPSA) is 90.0 Å². The number of aryl methyl sites for hydroxylation is 2. The first-order valence-corrected chi connectivity index (χ1v) is 17.9. The second-order valence-corrected chi connectivity index (χ2v) is 16.1. The third kappa shape index (κ3) is 6.53. The molecule has 1 aliphatic carbocycles. The van der Waals surface area contributed by atoms with Crippen LogP contribution in [0.15, 0.2) is 24.5 Å². The zero-order valence-corrected chi connectivity index (χ0v) is 27.7. The number of rotatable bonds is 7. The summed E-state index contributed by atoms with van der Waals surface area (Å²) in [6.07, 6.45) is 6.00. The lowest BCUT2D eigenvalue weighted by Crippen LogP contribution is -2.63. The molecule has 45 heavy (non-hydrogen) atoms. The van der Waals surface area contributed by atoms with Gasteiger partial charge in [0.2, 0.25) is 10.0 Å². The van der Waals surface area contributed by atoms with E-state index in [1.807, 2.05) is 18.7 Å². The van der Waals surface area contributed by atoms with Crippen LogP contribution in [0.3, 0.4) is 0 Å². The van der Waals surface area contributed by atoms with Crippen molar-refractivity contribution in [2.45, 2.75) is 89.1 Å². The molecule has 0 radical (unpaired) electrons. The average Bonchev–Trinajstić information content (AvgIpc) is 3.85. The van der Waals surface area contributed by atoms with Gasteiger partial charge in [0.15, 0.2) is 0 Å². The maximum absolute atomic E-state index is 14.5. The summed E-state index contributed by atoms with van der Waals surface area (Å²) in [5.41, 5.74) is 2.56. The molecule has 6 rings (SSSR count). The van der Waals surface area contributed by atoms with Gasteiger partial charge in [0.05, 0.1) is 22.2 Å². The van der Waals surface area contributed by atoms with Gasteiger partial charge in [0.1, 0.15) is 18.0 Å². The zero-order chi connectivity index (χ0) is 32.1. The van der Waals surface area contributed by atoms with E-state index in [0.717, 1.165) is 51.4 Å². The van der Waals surface area contributed by atoms with Gasteiger partial charge in [-0.05, 0) is 89.8 Å². The summed E-state index contributed by atoms with van der Waals surface area (Å²) in [7, 11) is -3.25. The van der Waals surface area contributed by atoms with Crippen LogP contribution >= 0.6 is 0 Å². The highest BCUT2D eigenvalue weighted by atomic mass is 32.2.